The number of unbranched alkanes of at least 4 members (excludes halogenated alkanes) is 4. The van der Waals surface area contributed by atoms with Gasteiger partial charge < -0.3 is 10.2 Å². The largest absolute Gasteiger partial charge is 1.00 e. The van der Waals surface area contributed by atoms with E-state index in [1.54, 1.807) is 6.07 Å². The molecule has 0 aliphatic rings. The third-order valence-corrected chi connectivity index (χ3v) is 2.85. The summed E-state index contributed by atoms with van der Waals surface area (Å²) in [4.78, 5) is 10.7. The van der Waals surface area contributed by atoms with Gasteiger partial charge in [0.25, 0.3) is 0 Å². The van der Waals surface area contributed by atoms with Crippen molar-refractivity contribution in [1.29, 1.82) is 0 Å². The van der Waals surface area contributed by atoms with Crippen LogP contribution in [0.3, 0.4) is 0 Å². The molecular formula is C14H19NaO3. The quantitative estimate of drug-likeness (QED) is 0.552. The third kappa shape index (κ3) is 5.89. The Balaban J connectivity index is 0.00000289. The van der Waals surface area contributed by atoms with Crippen LogP contribution in [0.4, 0.5) is 0 Å². The fraction of sp³-hybridized carbons (Fsp3) is 0.500. The number of hydrogen-bond acceptors (Lipinski definition) is 2. The molecule has 4 heteroatoms. The van der Waals surface area contributed by atoms with Crippen molar-refractivity contribution in [2.75, 3.05) is 0 Å². The number of aromatic carboxylic acids is 1. The summed E-state index contributed by atoms with van der Waals surface area (Å²) >= 11 is 0. The van der Waals surface area contributed by atoms with E-state index >= 15 is 0 Å². The molecule has 0 bridgehead atoms. The fourth-order valence-electron chi connectivity index (χ4n) is 1.83. The summed E-state index contributed by atoms with van der Waals surface area (Å²) in [6.07, 6.45) is 6.80. The molecule has 0 heterocycles. The van der Waals surface area contributed by atoms with Crippen LogP contribution in [0, 0.1) is 0 Å². The van der Waals surface area contributed by atoms with Crippen molar-refractivity contribution in [3.8, 4) is 5.75 Å². The van der Waals surface area contributed by atoms with Gasteiger partial charge in [0.2, 0.25) is 0 Å². The van der Waals surface area contributed by atoms with Gasteiger partial charge in [0.1, 0.15) is 0 Å². The monoisotopic (exact) mass is 258 g/mol. The van der Waals surface area contributed by atoms with Crippen LogP contribution >= 0.6 is 0 Å². The zero-order valence-corrected chi connectivity index (χ0v) is 13.2. The minimum absolute atomic E-state index is 0. The zero-order valence-electron chi connectivity index (χ0n) is 11.2. The van der Waals surface area contributed by atoms with Crippen LogP contribution in [-0.4, -0.2) is 11.1 Å². The molecule has 0 aromatic heterocycles. The maximum atomic E-state index is 11.4. The predicted molar refractivity (Wildman–Crippen MR) is 65.3 cm³/mol. The first-order valence-corrected chi connectivity index (χ1v) is 6.18. The van der Waals surface area contributed by atoms with Crippen LogP contribution in [-0.2, 0) is 6.42 Å². The Morgan fingerprint density at radius 2 is 1.89 bits per heavy atom. The molecular weight excluding hydrogens is 239 g/mol. The number of carbonyl (C=O) groups is 1. The normalized spacial score (nSPS) is 9.83. The maximum Gasteiger partial charge on any atom is 1.00 e. The van der Waals surface area contributed by atoms with Crippen LogP contribution in [0.1, 0.15) is 54.9 Å². The van der Waals surface area contributed by atoms with E-state index in [4.69, 9.17) is 5.11 Å². The average Bonchev–Trinajstić information content (AvgIpc) is 2.28. The summed E-state index contributed by atoms with van der Waals surface area (Å²) in [5.74, 6) is -1.53. The third-order valence-electron chi connectivity index (χ3n) is 2.85. The Morgan fingerprint density at radius 3 is 2.44 bits per heavy atom. The Hall–Kier alpha value is -0.510. The van der Waals surface area contributed by atoms with Gasteiger partial charge in [0.15, 0.2) is 0 Å². The van der Waals surface area contributed by atoms with E-state index in [1.165, 1.54) is 37.8 Å². The molecule has 1 N–H and O–H groups in total. The fourth-order valence-corrected chi connectivity index (χ4v) is 1.83. The molecule has 0 saturated carbocycles. The summed E-state index contributed by atoms with van der Waals surface area (Å²) in [5, 5.41) is 20.2. The molecule has 0 saturated heterocycles. The summed E-state index contributed by atoms with van der Waals surface area (Å²) < 4.78 is 0. The van der Waals surface area contributed by atoms with E-state index in [0.717, 1.165) is 18.4 Å². The summed E-state index contributed by atoms with van der Waals surface area (Å²) in [5.41, 5.74) is 0.802. The summed E-state index contributed by atoms with van der Waals surface area (Å²) in [6, 6.07) is 4.60. The van der Waals surface area contributed by atoms with Gasteiger partial charge in [-0.3, -0.25) is 0 Å². The van der Waals surface area contributed by atoms with E-state index in [9.17, 15) is 9.90 Å². The molecule has 0 amide bonds. The van der Waals surface area contributed by atoms with E-state index in [0.29, 0.717) is 0 Å². The smallest absolute Gasteiger partial charge is 0.872 e. The molecule has 3 nitrogen and oxygen atoms in total. The summed E-state index contributed by atoms with van der Waals surface area (Å²) in [6.45, 7) is 2.17. The molecule has 0 aliphatic heterocycles. The minimum atomic E-state index is -1.15. The second kappa shape index (κ2) is 9.42. The Kier molecular flexibility index (Phi) is 9.16. The Bertz CT molecular complexity index is 377. The standard InChI is InChI=1S/C14H20O3.Na/c1-2-3-4-5-6-7-11-8-9-12(14(16)17)13(15)10-11;/h8-10,15H,2-7H2,1H3,(H,16,17);/q;+1/p-1. The number of carboxylic acid groups (broad SMARTS) is 1. The van der Waals surface area contributed by atoms with Crippen LogP contribution in [0.5, 0.6) is 5.75 Å². The van der Waals surface area contributed by atoms with Crippen molar-refractivity contribution < 1.29 is 44.6 Å². The molecule has 94 valence electrons. The van der Waals surface area contributed by atoms with E-state index < -0.39 is 5.97 Å². The van der Waals surface area contributed by atoms with Gasteiger partial charge in [-0.15, -0.1) is 0 Å². The van der Waals surface area contributed by atoms with Crippen LogP contribution in [0.15, 0.2) is 18.2 Å². The molecule has 0 aliphatic carbocycles. The second-order valence-corrected chi connectivity index (χ2v) is 4.30. The van der Waals surface area contributed by atoms with Crippen LogP contribution < -0.4 is 34.7 Å². The van der Waals surface area contributed by atoms with Crippen LogP contribution in [0.2, 0.25) is 0 Å². The number of benzene rings is 1. The van der Waals surface area contributed by atoms with Crippen molar-refractivity contribution in [1.82, 2.24) is 0 Å². The van der Waals surface area contributed by atoms with Gasteiger partial charge in [-0.1, -0.05) is 50.5 Å². The second-order valence-electron chi connectivity index (χ2n) is 4.30. The Morgan fingerprint density at radius 1 is 1.22 bits per heavy atom. The molecule has 0 atom stereocenters. The minimum Gasteiger partial charge on any atom is -0.872 e. The van der Waals surface area contributed by atoms with Crippen molar-refractivity contribution in [3.05, 3.63) is 29.3 Å². The number of rotatable bonds is 7. The molecule has 18 heavy (non-hydrogen) atoms. The molecule has 1 aromatic rings. The first kappa shape index (κ1) is 17.5. The Labute approximate surface area is 131 Å². The van der Waals surface area contributed by atoms with Gasteiger partial charge in [0, 0.05) is 0 Å². The van der Waals surface area contributed by atoms with Gasteiger partial charge in [-0.2, -0.15) is 0 Å². The predicted octanol–water partition coefficient (Wildman–Crippen LogP) is -0.0247. The van der Waals surface area contributed by atoms with Crippen molar-refractivity contribution in [2.45, 2.75) is 45.4 Å². The van der Waals surface area contributed by atoms with E-state index in [1.807, 2.05) is 0 Å². The maximum absolute atomic E-state index is 11.4. The number of hydrogen-bond donors (Lipinski definition) is 1. The molecule has 1 rings (SSSR count). The van der Waals surface area contributed by atoms with Crippen molar-refractivity contribution in [3.63, 3.8) is 0 Å². The topological polar surface area (TPSA) is 60.4 Å². The van der Waals surface area contributed by atoms with Crippen LogP contribution in [0.25, 0.3) is 0 Å². The first-order valence-electron chi connectivity index (χ1n) is 6.18. The van der Waals surface area contributed by atoms with Gasteiger partial charge >= 0.3 is 35.5 Å². The molecule has 0 unspecified atom stereocenters. The number of carboxylic acids is 1. The number of aryl methyl sites for hydroxylation is 1. The summed E-state index contributed by atoms with van der Waals surface area (Å²) in [7, 11) is 0. The molecule has 0 spiro atoms. The first-order chi connectivity index (χ1) is 8.15. The zero-order chi connectivity index (χ0) is 12.7. The van der Waals surface area contributed by atoms with Gasteiger partial charge in [0.05, 0.1) is 5.56 Å². The molecule has 0 fully saturated rings. The van der Waals surface area contributed by atoms with Gasteiger partial charge in [-0.25, -0.2) is 4.79 Å². The molecule has 1 aromatic carbocycles. The van der Waals surface area contributed by atoms with E-state index in [2.05, 4.69) is 6.92 Å². The van der Waals surface area contributed by atoms with Crippen molar-refractivity contribution >= 4 is 5.97 Å². The molecule has 0 radical (unpaired) electrons. The van der Waals surface area contributed by atoms with E-state index in [-0.39, 0.29) is 40.9 Å². The van der Waals surface area contributed by atoms with Gasteiger partial charge in [-0.05, 0) is 24.5 Å². The SMILES string of the molecule is CCCCCCCc1ccc(C(=O)O)c([O-])c1.[Na+]. The van der Waals surface area contributed by atoms with Crippen molar-refractivity contribution in [2.24, 2.45) is 0 Å². The average molecular weight is 258 g/mol.